The van der Waals surface area contributed by atoms with E-state index in [0.29, 0.717) is 12.8 Å². The van der Waals surface area contributed by atoms with Gasteiger partial charge in [-0.1, -0.05) is 18.7 Å². The number of ketones is 1. The Bertz CT molecular complexity index is 247. The maximum absolute atomic E-state index is 12.5. The maximum atomic E-state index is 12.5. The van der Waals surface area contributed by atoms with Crippen molar-refractivity contribution >= 4 is 12.8 Å². The van der Waals surface area contributed by atoms with Crippen LogP contribution in [0.4, 0.5) is 12.9 Å². The van der Waals surface area contributed by atoms with E-state index in [1.807, 2.05) is 0 Å². The third-order valence-electron chi connectivity index (χ3n) is 3.62. The molecule has 0 heterocycles. The molecule has 0 saturated heterocycles. The van der Waals surface area contributed by atoms with E-state index in [1.54, 1.807) is 0 Å². The Morgan fingerprint density at radius 2 is 1.71 bits per heavy atom. The molecule has 0 radical (unpaired) electrons. The molecule has 2 aliphatic rings. The molecule has 2 saturated carbocycles. The summed E-state index contributed by atoms with van der Waals surface area (Å²) in [5, 5.41) is 0. The molecule has 1 atom stereocenters. The van der Waals surface area contributed by atoms with Crippen molar-refractivity contribution in [1.82, 2.24) is 0 Å². The number of hydrogen-bond acceptors (Lipinski definition) is 1. The number of halogens is 3. The molecular formula is C8H11BF3KO. The molecule has 1 unspecified atom stereocenters. The molecule has 2 rings (SSSR count). The number of carbonyl (C=O) groups excluding carboxylic acids is 1. The largest absolute Gasteiger partial charge is 1.00 e. The second kappa shape index (κ2) is 4.20. The average Bonchev–Trinajstić information content (AvgIpc) is 2.48. The summed E-state index contributed by atoms with van der Waals surface area (Å²) in [6, 6.07) is 0. The molecule has 2 aliphatic carbocycles. The first-order valence-electron chi connectivity index (χ1n) is 4.70. The van der Waals surface area contributed by atoms with E-state index in [9.17, 15) is 17.7 Å². The van der Waals surface area contributed by atoms with Crippen molar-refractivity contribution in [1.29, 1.82) is 0 Å². The van der Waals surface area contributed by atoms with Crippen LogP contribution < -0.4 is 51.4 Å². The van der Waals surface area contributed by atoms with Crippen molar-refractivity contribution < 1.29 is 69.1 Å². The third-order valence-corrected chi connectivity index (χ3v) is 3.62. The second-order valence-electron chi connectivity index (χ2n) is 4.22. The maximum Gasteiger partial charge on any atom is 1.00 e. The first-order valence-corrected chi connectivity index (χ1v) is 4.70. The van der Waals surface area contributed by atoms with Gasteiger partial charge in [-0.25, -0.2) is 0 Å². The Morgan fingerprint density at radius 1 is 1.21 bits per heavy atom. The molecule has 0 bridgehead atoms. The monoisotopic (exact) mass is 230 g/mol. The van der Waals surface area contributed by atoms with Crippen molar-refractivity contribution in [2.24, 2.45) is 5.41 Å². The van der Waals surface area contributed by atoms with Crippen LogP contribution in [0, 0.1) is 5.41 Å². The number of rotatable bonds is 1. The van der Waals surface area contributed by atoms with Crippen molar-refractivity contribution in [3.8, 4) is 0 Å². The molecule has 0 aromatic carbocycles. The summed E-state index contributed by atoms with van der Waals surface area (Å²) in [7, 11) is 0. The van der Waals surface area contributed by atoms with Gasteiger partial charge in [0, 0.05) is 5.41 Å². The Hall–Kier alpha value is 1.16. The van der Waals surface area contributed by atoms with Crippen LogP contribution in [0.3, 0.4) is 0 Å². The predicted molar refractivity (Wildman–Crippen MR) is 43.4 cm³/mol. The third kappa shape index (κ3) is 1.88. The van der Waals surface area contributed by atoms with E-state index in [2.05, 4.69) is 0 Å². The van der Waals surface area contributed by atoms with Crippen LogP contribution >= 0.6 is 0 Å². The van der Waals surface area contributed by atoms with Gasteiger partial charge in [0.1, 0.15) is 5.78 Å². The van der Waals surface area contributed by atoms with E-state index >= 15 is 0 Å². The fraction of sp³-hybridized carbons (Fsp3) is 0.875. The van der Waals surface area contributed by atoms with Crippen LogP contribution in [0.5, 0.6) is 0 Å². The minimum Gasteiger partial charge on any atom is -0.449 e. The van der Waals surface area contributed by atoms with Gasteiger partial charge in [0.05, 0.1) is 0 Å². The topological polar surface area (TPSA) is 17.1 Å². The van der Waals surface area contributed by atoms with Crippen molar-refractivity contribution in [3.63, 3.8) is 0 Å². The summed E-state index contributed by atoms with van der Waals surface area (Å²) in [4.78, 5) is 11.2. The van der Waals surface area contributed by atoms with Crippen LogP contribution in [-0.2, 0) is 4.79 Å². The van der Waals surface area contributed by atoms with Gasteiger partial charge < -0.3 is 12.9 Å². The molecule has 0 N–H and O–H groups in total. The van der Waals surface area contributed by atoms with Gasteiger partial charge in [-0.2, -0.15) is 0 Å². The molecule has 2 fully saturated rings. The van der Waals surface area contributed by atoms with E-state index in [1.165, 1.54) is 0 Å². The van der Waals surface area contributed by atoms with E-state index < -0.39 is 18.2 Å². The van der Waals surface area contributed by atoms with E-state index in [4.69, 9.17) is 0 Å². The predicted octanol–water partition coefficient (Wildman–Crippen LogP) is -0.259. The molecule has 6 heteroatoms. The SMILES string of the molecule is O=C1CC([B-](F)(F)F)C12CCCC2.[K+]. The zero-order valence-electron chi connectivity index (χ0n) is 8.23. The smallest absolute Gasteiger partial charge is 0.449 e. The quantitative estimate of drug-likeness (QED) is 0.567. The zero-order chi connectivity index (χ0) is 9.69. The molecular weight excluding hydrogens is 219 g/mol. The summed E-state index contributed by atoms with van der Waals surface area (Å²) in [5.41, 5.74) is -0.960. The number of hydrogen-bond donors (Lipinski definition) is 0. The van der Waals surface area contributed by atoms with Crippen molar-refractivity contribution in [3.05, 3.63) is 0 Å². The standard InChI is InChI=1S/C8H11BF3O.K/c10-9(11,12)6-5-7(13)8(6)3-1-2-4-8;/h6H,1-5H2;/q-1;+1. The van der Waals surface area contributed by atoms with Gasteiger partial charge in [0.2, 0.25) is 0 Å². The molecule has 0 aromatic rings. The summed E-state index contributed by atoms with van der Waals surface area (Å²) in [6.07, 6.45) is 2.27. The number of carbonyl (C=O) groups is 1. The van der Waals surface area contributed by atoms with Crippen molar-refractivity contribution in [2.75, 3.05) is 0 Å². The normalized spacial score (nSPS) is 29.9. The molecule has 0 amide bonds. The Balaban J connectivity index is 0.000000980. The Labute approximate surface area is 124 Å². The van der Waals surface area contributed by atoms with Crippen LogP contribution in [0.1, 0.15) is 32.1 Å². The first-order chi connectivity index (χ1) is 5.97. The van der Waals surface area contributed by atoms with Crippen molar-refractivity contribution in [2.45, 2.75) is 37.9 Å². The summed E-state index contributed by atoms with van der Waals surface area (Å²) >= 11 is 0. The zero-order valence-corrected chi connectivity index (χ0v) is 11.4. The molecule has 14 heavy (non-hydrogen) atoms. The van der Waals surface area contributed by atoms with Crippen LogP contribution in [0.15, 0.2) is 0 Å². The summed E-state index contributed by atoms with van der Waals surface area (Å²) in [5.74, 6) is -1.42. The summed E-state index contributed by atoms with van der Waals surface area (Å²) in [6.45, 7) is -4.80. The van der Waals surface area contributed by atoms with Crippen LogP contribution in [0.25, 0.3) is 0 Å². The summed E-state index contributed by atoms with van der Waals surface area (Å²) < 4.78 is 37.4. The molecule has 74 valence electrons. The fourth-order valence-corrected chi connectivity index (χ4v) is 2.82. The Morgan fingerprint density at radius 3 is 2.07 bits per heavy atom. The van der Waals surface area contributed by atoms with Gasteiger partial charge in [0.15, 0.2) is 0 Å². The van der Waals surface area contributed by atoms with Gasteiger partial charge in [0.25, 0.3) is 0 Å². The van der Waals surface area contributed by atoms with E-state index in [-0.39, 0.29) is 63.6 Å². The molecule has 1 nitrogen and oxygen atoms in total. The first kappa shape index (κ1) is 13.2. The average molecular weight is 230 g/mol. The molecule has 0 aliphatic heterocycles. The minimum absolute atomic E-state index is 0. The fourth-order valence-electron chi connectivity index (χ4n) is 2.82. The van der Waals surface area contributed by atoms with Gasteiger partial charge in [-0.3, -0.25) is 4.79 Å². The minimum atomic E-state index is -4.80. The molecule has 1 spiro atoms. The van der Waals surface area contributed by atoms with Gasteiger partial charge >= 0.3 is 58.4 Å². The Kier molecular flexibility index (Phi) is 3.97. The van der Waals surface area contributed by atoms with Crippen LogP contribution in [-0.4, -0.2) is 12.8 Å². The van der Waals surface area contributed by atoms with E-state index in [0.717, 1.165) is 12.8 Å². The van der Waals surface area contributed by atoms with Gasteiger partial charge in [-0.15, -0.1) is 0 Å². The number of Topliss-reactive ketones (excluding diaryl/α,β-unsaturated/α-hetero) is 1. The van der Waals surface area contributed by atoms with Gasteiger partial charge in [-0.05, 0) is 19.3 Å². The second-order valence-corrected chi connectivity index (χ2v) is 4.22. The van der Waals surface area contributed by atoms with Crippen LogP contribution in [0.2, 0.25) is 5.82 Å². The molecule has 0 aromatic heterocycles.